The third-order valence-corrected chi connectivity index (χ3v) is 10.7. The van der Waals surface area contributed by atoms with Crippen molar-refractivity contribution in [2.24, 2.45) is 0 Å². The summed E-state index contributed by atoms with van der Waals surface area (Å²) in [6.07, 6.45) is 1.65. The Kier molecular flexibility index (Phi) is 7.18. The second kappa shape index (κ2) is 15.4. The number of phenolic OH excluding ortho intramolecular Hbond substituents is 1. The second-order valence-corrected chi connectivity index (χ2v) is 15.0. The quantitative estimate of drug-likeness (QED) is 0.167. The predicted octanol–water partition coefficient (Wildman–Crippen LogP) is 14.5. The van der Waals surface area contributed by atoms with Gasteiger partial charge in [-0.2, -0.15) is 0 Å². The van der Waals surface area contributed by atoms with Crippen molar-refractivity contribution in [1.29, 1.82) is 0 Å². The molecule has 0 fully saturated rings. The summed E-state index contributed by atoms with van der Waals surface area (Å²) in [6, 6.07) is 54.8. The minimum absolute atomic E-state index is 0.0657. The first-order chi connectivity index (χ1) is 32.7. The molecule has 0 aliphatic carbocycles. The van der Waals surface area contributed by atoms with Crippen molar-refractivity contribution in [2.45, 2.75) is 45.7 Å². The molecule has 288 valence electrons. The first-order valence-corrected chi connectivity index (χ1v) is 19.5. The van der Waals surface area contributed by atoms with Crippen molar-refractivity contribution in [3.05, 3.63) is 193 Å². The molecule has 0 aliphatic rings. The molecule has 0 aliphatic heterocycles. The molecule has 9 aromatic rings. The Morgan fingerprint density at radius 3 is 1.88 bits per heavy atom. The minimum Gasteiger partial charge on any atom is -0.507 e. The molecule has 2 aromatic heterocycles. The zero-order valence-electron chi connectivity index (χ0n) is 42.6. The SMILES string of the molecule is [2H]C(C)(C)c1cc(-c2ccccc2)cc(-n2c(-c3ccccc3O)nc3c(-c4cc(-c5ccccc5)cc(-c5cc(-c6ccc(C(C([2H])([2H])[2H])(C([2H])([2H])[2H])C([2H])([2H])[2H])cc6)ccn5)c4)cccc32)c1. The van der Waals surface area contributed by atoms with Crippen LogP contribution < -0.4 is 0 Å². The van der Waals surface area contributed by atoms with Gasteiger partial charge in [0.05, 0.1) is 22.3 Å². The summed E-state index contributed by atoms with van der Waals surface area (Å²) in [5.74, 6) is -0.358. The number of aromatic hydroxyl groups is 1. The lowest BCUT2D eigenvalue weighted by Crippen LogP contribution is -2.10. The summed E-state index contributed by atoms with van der Waals surface area (Å²) in [7, 11) is 0. The Hall–Kier alpha value is -7.04. The van der Waals surface area contributed by atoms with Gasteiger partial charge in [0.25, 0.3) is 0 Å². The monoisotopic (exact) mass is 775 g/mol. The number of benzene rings is 7. The van der Waals surface area contributed by atoms with Gasteiger partial charge in [-0.15, -0.1) is 0 Å². The van der Waals surface area contributed by atoms with E-state index in [1.165, 1.54) is 12.1 Å². The summed E-state index contributed by atoms with van der Waals surface area (Å²) < 4.78 is 84.8. The molecule has 7 aromatic carbocycles. The highest BCUT2D eigenvalue weighted by molar-refractivity contribution is 5.98. The van der Waals surface area contributed by atoms with Crippen LogP contribution in [0.3, 0.4) is 0 Å². The number of hydrogen-bond donors (Lipinski definition) is 1. The first kappa shape index (κ1) is 27.6. The number of nitrogens with zero attached hydrogens (tertiary/aromatic N) is 3. The van der Waals surface area contributed by atoms with Crippen LogP contribution in [0.4, 0.5) is 0 Å². The number of fused-ring (bicyclic) bond motifs is 1. The van der Waals surface area contributed by atoms with Gasteiger partial charge >= 0.3 is 0 Å². The van der Waals surface area contributed by atoms with Crippen LogP contribution in [-0.2, 0) is 5.41 Å². The number of pyridine rings is 1. The van der Waals surface area contributed by atoms with Crippen molar-refractivity contribution in [1.82, 2.24) is 14.5 Å². The number of hydrogen-bond acceptors (Lipinski definition) is 3. The Balaban J connectivity index is 1.23. The molecular weight excluding hydrogens is 719 g/mol. The largest absolute Gasteiger partial charge is 0.507 e. The van der Waals surface area contributed by atoms with E-state index in [2.05, 4.69) is 24.3 Å². The topological polar surface area (TPSA) is 50.9 Å². The number of para-hydroxylation sites is 2. The maximum Gasteiger partial charge on any atom is 0.149 e. The Morgan fingerprint density at radius 1 is 0.559 bits per heavy atom. The molecule has 0 radical (unpaired) electrons. The van der Waals surface area contributed by atoms with Gasteiger partial charge in [-0.1, -0.05) is 150 Å². The Bertz CT molecular complexity index is 3300. The number of rotatable bonds is 8. The zero-order chi connectivity index (χ0) is 49.1. The Labute approximate surface area is 361 Å². The number of aromatic nitrogens is 3. The van der Waals surface area contributed by atoms with Crippen molar-refractivity contribution in [2.75, 3.05) is 0 Å². The molecule has 0 spiro atoms. The van der Waals surface area contributed by atoms with Crippen molar-refractivity contribution in [3.63, 3.8) is 0 Å². The lowest BCUT2D eigenvalue weighted by atomic mass is 9.86. The summed E-state index contributed by atoms with van der Waals surface area (Å²) in [5.41, 5.74) is 8.23. The van der Waals surface area contributed by atoms with Gasteiger partial charge < -0.3 is 5.11 Å². The number of phenols is 1. The highest BCUT2D eigenvalue weighted by Gasteiger charge is 2.22. The van der Waals surface area contributed by atoms with E-state index in [0.29, 0.717) is 33.7 Å². The molecule has 9 rings (SSSR count). The van der Waals surface area contributed by atoms with Crippen molar-refractivity contribution in [3.8, 4) is 78.6 Å². The van der Waals surface area contributed by atoms with Crippen LogP contribution in [0, 0.1) is 0 Å². The van der Waals surface area contributed by atoms with Gasteiger partial charge in [-0.05, 0) is 122 Å². The van der Waals surface area contributed by atoms with Crippen LogP contribution in [0.1, 0.15) is 65.1 Å². The molecule has 0 bridgehead atoms. The van der Waals surface area contributed by atoms with E-state index >= 15 is 0 Å². The van der Waals surface area contributed by atoms with Gasteiger partial charge in [-0.25, -0.2) is 4.98 Å². The molecule has 0 saturated carbocycles. The first-order valence-electron chi connectivity index (χ1n) is 24.5. The van der Waals surface area contributed by atoms with Crippen molar-refractivity contribution < 1.29 is 18.8 Å². The highest BCUT2D eigenvalue weighted by Crippen LogP contribution is 2.41. The molecule has 0 atom stereocenters. The highest BCUT2D eigenvalue weighted by atomic mass is 16.3. The molecule has 1 N–H and O–H groups in total. The van der Waals surface area contributed by atoms with E-state index in [0.717, 1.165) is 55.7 Å². The summed E-state index contributed by atoms with van der Waals surface area (Å²) in [4.78, 5) is 10.2. The van der Waals surface area contributed by atoms with Crippen LogP contribution in [0.2, 0.25) is 0 Å². The van der Waals surface area contributed by atoms with E-state index < -0.39 is 31.9 Å². The number of imidazole rings is 1. The minimum atomic E-state index is -3.37. The maximum atomic E-state index is 11.4. The molecule has 0 unspecified atom stereocenters. The van der Waals surface area contributed by atoms with Gasteiger partial charge in [0, 0.05) is 36.7 Å². The van der Waals surface area contributed by atoms with E-state index in [9.17, 15) is 5.11 Å². The average molecular weight is 776 g/mol. The fraction of sp³-hybridized carbons (Fsp3) is 0.127. The molecule has 0 amide bonds. The fourth-order valence-electron chi connectivity index (χ4n) is 7.67. The van der Waals surface area contributed by atoms with Gasteiger partial charge in [0.2, 0.25) is 0 Å². The van der Waals surface area contributed by atoms with Crippen LogP contribution in [0.15, 0.2) is 182 Å². The summed E-state index contributed by atoms with van der Waals surface area (Å²) in [5, 5.41) is 11.4. The maximum absolute atomic E-state index is 11.4. The van der Waals surface area contributed by atoms with Gasteiger partial charge in [0.15, 0.2) is 0 Å². The molecule has 0 saturated heterocycles. The van der Waals surface area contributed by atoms with Crippen LogP contribution in [0.5, 0.6) is 5.75 Å². The third kappa shape index (κ3) is 7.46. The lowest BCUT2D eigenvalue weighted by Gasteiger charge is -2.19. The average Bonchev–Trinajstić information content (AvgIpc) is 3.70. The van der Waals surface area contributed by atoms with Crippen molar-refractivity contribution >= 4 is 11.0 Å². The van der Waals surface area contributed by atoms with E-state index in [4.69, 9.17) is 23.7 Å². The van der Waals surface area contributed by atoms with E-state index in [-0.39, 0.29) is 11.3 Å². The molecule has 4 heteroatoms. The van der Waals surface area contributed by atoms with Gasteiger partial charge in [-0.3, -0.25) is 9.55 Å². The Morgan fingerprint density at radius 2 is 1.19 bits per heavy atom. The van der Waals surface area contributed by atoms with Gasteiger partial charge in [0.1, 0.15) is 11.6 Å². The molecular formula is C55H47N3O. The normalized spacial score (nSPS) is 15.0. The second-order valence-electron chi connectivity index (χ2n) is 15.0. The van der Waals surface area contributed by atoms with Crippen LogP contribution >= 0.6 is 0 Å². The smallest absolute Gasteiger partial charge is 0.149 e. The summed E-state index contributed by atoms with van der Waals surface area (Å²) in [6.45, 7) is -6.39. The predicted molar refractivity (Wildman–Crippen MR) is 246 cm³/mol. The summed E-state index contributed by atoms with van der Waals surface area (Å²) >= 11 is 0. The lowest BCUT2D eigenvalue weighted by molar-refractivity contribution is 0.477. The van der Waals surface area contributed by atoms with Crippen LogP contribution in [0.25, 0.3) is 83.9 Å². The molecule has 4 nitrogen and oxygen atoms in total. The zero-order valence-corrected chi connectivity index (χ0v) is 32.6. The fourth-order valence-corrected chi connectivity index (χ4v) is 7.67. The third-order valence-electron chi connectivity index (χ3n) is 10.7. The molecule has 59 heavy (non-hydrogen) atoms. The van der Waals surface area contributed by atoms with Crippen LogP contribution in [-0.4, -0.2) is 19.6 Å². The van der Waals surface area contributed by atoms with E-state index in [1.807, 2.05) is 128 Å². The van der Waals surface area contributed by atoms with E-state index in [1.54, 1.807) is 36.5 Å². The molecule has 2 heterocycles. The standard InChI is InChI=1S/C55H47N3O/c1-36(2)41-29-43(38-17-10-7-11-18-38)34-47(33-41)58-51-21-14-20-48(53(51)57-54(58)49-19-12-13-22-52(49)59)44-30-42(37-15-8-6-9-16-37)31-45(32-44)50-35-40(27-28-56-50)39-23-25-46(26-24-39)55(3,4)5/h6-36,59H,1-5H3/i3D3,4D3,5D3,36D.